The summed E-state index contributed by atoms with van der Waals surface area (Å²) in [6, 6.07) is 20.1. The van der Waals surface area contributed by atoms with Crippen molar-refractivity contribution in [1.29, 1.82) is 0 Å². The zero-order valence-electron chi connectivity index (χ0n) is 11.2. The zero-order valence-corrected chi connectivity index (χ0v) is 11.2. The summed E-state index contributed by atoms with van der Waals surface area (Å²) in [6.07, 6.45) is -0.302. The summed E-state index contributed by atoms with van der Waals surface area (Å²) in [6.45, 7) is 0.844. The van der Waals surface area contributed by atoms with Crippen LogP contribution in [-0.2, 0) is 15.1 Å². The van der Waals surface area contributed by atoms with Crippen LogP contribution in [0.2, 0.25) is 0 Å². The van der Waals surface area contributed by atoms with Gasteiger partial charge in [0, 0.05) is 0 Å². The predicted octanol–water partition coefficient (Wildman–Crippen LogP) is 2.34. The Morgan fingerprint density at radius 2 is 1.50 bits per heavy atom. The van der Waals surface area contributed by atoms with Gasteiger partial charge < -0.3 is 14.6 Å². The van der Waals surface area contributed by atoms with Crippen molar-refractivity contribution in [3.05, 3.63) is 71.8 Å². The smallest absolute Gasteiger partial charge is 0.142 e. The third kappa shape index (κ3) is 2.36. The number of hydrogen-bond donors (Lipinski definition) is 1. The molecule has 1 aliphatic heterocycles. The van der Waals surface area contributed by atoms with Gasteiger partial charge in [-0.2, -0.15) is 0 Å². The molecule has 104 valence electrons. The number of rotatable bonds is 3. The largest absolute Gasteiger partial charge is 0.394 e. The number of aliphatic hydroxyl groups excluding tert-OH is 1. The van der Waals surface area contributed by atoms with Crippen molar-refractivity contribution in [1.82, 2.24) is 0 Å². The lowest BCUT2D eigenvalue weighted by molar-refractivity contribution is -0.194. The molecular formula is C17H18O3. The van der Waals surface area contributed by atoms with Crippen molar-refractivity contribution in [2.45, 2.75) is 11.7 Å². The van der Waals surface area contributed by atoms with E-state index in [1.807, 2.05) is 60.7 Å². The number of ether oxygens (including phenoxy) is 2. The first-order chi connectivity index (χ1) is 9.85. The second-order valence-corrected chi connectivity index (χ2v) is 5.00. The quantitative estimate of drug-likeness (QED) is 0.930. The van der Waals surface area contributed by atoms with Crippen molar-refractivity contribution in [2.24, 2.45) is 0 Å². The van der Waals surface area contributed by atoms with Gasteiger partial charge in [-0.25, -0.2) is 0 Å². The van der Waals surface area contributed by atoms with Crippen LogP contribution < -0.4 is 0 Å². The van der Waals surface area contributed by atoms with E-state index in [0.29, 0.717) is 13.2 Å². The molecule has 2 aromatic rings. The summed E-state index contributed by atoms with van der Waals surface area (Å²) >= 11 is 0. The second-order valence-electron chi connectivity index (χ2n) is 5.00. The van der Waals surface area contributed by atoms with Crippen LogP contribution in [0.5, 0.6) is 0 Å². The molecule has 1 aliphatic rings. The molecule has 1 atom stereocenters. The van der Waals surface area contributed by atoms with Crippen molar-refractivity contribution in [3.8, 4) is 0 Å². The third-order valence-corrected chi connectivity index (χ3v) is 3.66. The lowest BCUT2D eigenvalue weighted by Crippen LogP contribution is -2.47. The Hall–Kier alpha value is -1.68. The number of hydrogen-bond acceptors (Lipinski definition) is 3. The molecule has 0 radical (unpaired) electrons. The van der Waals surface area contributed by atoms with Crippen LogP contribution in [0.3, 0.4) is 0 Å². The first kappa shape index (κ1) is 13.3. The third-order valence-electron chi connectivity index (χ3n) is 3.66. The van der Waals surface area contributed by atoms with Gasteiger partial charge in [0.25, 0.3) is 0 Å². The number of aliphatic hydroxyl groups is 1. The molecule has 0 aromatic heterocycles. The molecule has 20 heavy (non-hydrogen) atoms. The van der Waals surface area contributed by atoms with E-state index in [-0.39, 0.29) is 12.7 Å². The molecule has 0 amide bonds. The first-order valence-corrected chi connectivity index (χ1v) is 6.82. The fourth-order valence-corrected chi connectivity index (χ4v) is 2.66. The number of benzene rings is 2. The van der Waals surface area contributed by atoms with Crippen LogP contribution in [0.4, 0.5) is 0 Å². The van der Waals surface area contributed by atoms with Gasteiger partial charge in [-0.15, -0.1) is 0 Å². The van der Waals surface area contributed by atoms with Crippen LogP contribution >= 0.6 is 0 Å². The van der Waals surface area contributed by atoms with Crippen molar-refractivity contribution >= 4 is 0 Å². The lowest BCUT2D eigenvalue weighted by Gasteiger charge is -2.41. The fraction of sp³-hybridized carbons (Fsp3) is 0.294. The Balaban J connectivity index is 2.08. The van der Waals surface area contributed by atoms with Crippen LogP contribution in [-0.4, -0.2) is 31.0 Å². The molecule has 2 aromatic carbocycles. The van der Waals surface area contributed by atoms with E-state index in [9.17, 15) is 5.11 Å². The Kier molecular flexibility index (Phi) is 3.83. The maximum atomic E-state index is 9.41. The van der Waals surface area contributed by atoms with Gasteiger partial charge >= 0.3 is 0 Å². The molecule has 0 spiro atoms. The molecule has 1 fully saturated rings. The van der Waals surface area contributed by atoms with Crippen LogP contribution in [0.25, 0.3) is 0 Å². The van der Waals surface area contributed by atoms with Crippen LogP contribution in [0.15, 0.2) is 60.7 Å². The molecule has 0 bridgehead atoms. The normalized spacial score (nSPS) is 21.6. The molecule has 3 nitrogen and oxygen atoms in total. The summed E-state index contributed by atoms with van der Waals surface area (Å²) in [5, 5.41) is 9.41. The van der Waals surface area contributed by atoms with Gasteiger partial charge in [-0.1, -0.05) is 60.7 Å². The highest BCUT2D eigenvalue weighted by molar-refractivity contribution is 5.37. The Labute approximate surface area is 118 Å². The van der Waals surface area contributed by atoms with E-state index in [1.165, 1.54) is 0 Å². The summed E-state index contributed by atoms with van der Waals surface area (Å²) in [5.74, 6) is 0. The molecule has 3 rings (SSSR count). The highest BCUT2D eigenvalue weighted by atomic mass is 16.6. The standard InChI is InChI=1S/C17H18O3/c18-11-16-12-19-13-17(20-16,14-7-3-1-4-8-14)15-9-5-2-6-10-15/h1-10,16,18H,11-13H2/t16-/m0/s1. The average molecular weight is 270 g/mol. The molecule has 0 aliphatic carbocycles. The Morgan fingerprint density at radius 1 is 0.950 bits per heavy atom. The van der Waals surface area contributed by atoms with Gasteiger partial charge in [0.15, 0.2) is 0 Å². The van der Waals surface area contributed by atoms with E-state index in [4.69, 9.17) is 9.47 Å². The van der Waals surface area contributed by atoms with Crippen LogP contribution in [0, 0.1) is 0 Å². The maximum absolute atomic E-state index is 9.41. The lowest BCUT2D eigenvalue weighted by atomic mass is 9.86. The highest BCUT2D eigenvalue weighted by Gasteiger charge is 2.41. The van der Waals surface area contributed by atoms with Gasteiger partial charge in [0.1, 0.15) is 11.7 Å². The van der Waals surface area contributed by atoms with Gasteiger partial charge in [0.2, 0.25) is 0 Å². The van der Waals surface area contributed by atoms with E-state index < -0.39 is 5.60 Å². The van der Waals surface area contributed by atoms with E-state index in [1.54, 1.807) is 0 Å². The van der Waals surface area contributed by atoms with Gasteiger partial charge in [-0.05, 0) is 11.1 Å². The van der Waals surface area contributed by atoms with E-state index in [0.717, 1.165) is 11.1 Å². The van der Waals surface area contributed by atoms with Gasteiger partial charge in [-0.3, -0.25) is 0 Å². The average Bonchev–Trinajstić information content (AvgIpc) is 2.56. The molecule has 1 N–H and O–H groups in total. The molecule has 3 heteroatoms. The summed E-state index contributed by atoms with van der Waals surface area (Å²) in [4.78, 5) is 0. The van der Waals surface area contributed by atoms with Gasteiger partial charge in [0.05, 0.1) is 19.8 Å². The van der Waals surface area contributed by atoms with Crippen molar-refractivity contribution < 1.29 is 14.6 Å². The van der Waals surface area contributed by atoms with Crippen LogP contribution in [0.1, 0.15) is 11.1 Å². The zero-order chi connectivity index (χ0) is 13.8. The topological polar surface area (TPSA) is 38.7 Å². The minimum absolute atomic E-state index is 0.0403. The summed E-state index contributed by atoms with van der Waals surface area (Å²) in [5.41, 5.74) is 1.45. The SMILES string of the molecule is OC[C@H]1COCC(c2ccccc2)(c2ccccc2)O1. The maximum Gasteiger partial charge on any atom is 0.142 e. The monoisotopic (exact) mass is 270 g/mol. The minimum atomic E-state index is -0.645. The first-order valence-electron chi connectivity index (χ1n) is 6.82. The Morgan fingerprint density at radius 3 is 2.00 bits per heavy atom. The molecule has 0 saturated carbocycles. The molecule has 1 saturated heterocycles. The molecule has 0 unspecified atom stereocenters. The second kappa shape index (κ2) is 5.75. The highest BCUT2D eigenvalue weighted by Crippen LogP contribution is 2.37. The van der Waals surface area contributed by atoms with Crippen molar-refractivity contribution in [2.75, 3.05) is 19.8 Å². The minimum Gasteiger partial charge on any atom is -0.394 e. The Bertz CT molecular complexity index is 499. The van der Waals surface area contributed by atoms with E-state index >= 15 is 0 Å². The predicted molar refractivity (Wildman–Crippen MR) is 76.4 cm³/mol. The fourth-order valence-electron chi connectivity index (χ4n) is 2.66. The van der Waals surface area contributed by atoms with E-state index in [2.05, 4.69) is 0 Å². The summed E-state index contributed by atoms with van der Waals surface area (Å²) < 4.78 is 11.9. The molecule has 1 heterocycles. The molecular weight excluding hydrogens is 252 g/mol. The summed E-state index contributed by atoms with van der Waals surface area (Å²) in [7, 11) is 0. The van der Waals surface area contributed by atoms with Crippen molar-refractivity contribution in [3.63, 3.8) is 0 Å².